The van der Waals surface area contributed by atoms with Crippen LogP contribution in [0.5, 0.6) is 0 Å². The minimum absolute atomic E-state index is 0.0632. The summed E-state index contributed by atoms with van der Waals surface area (Å²) in [7, 11) is 0. The van der Waals surface area contributed by atoms with Gasteiger partial charge in [0, 0.05) is 17.3 Å². The monoisotopic (exact) mass is 293 g/mol. The molecule has 1 unspecified atom stereocenters. The van der Waals surface area contributed by atoms with Gasteiger partial charge in [0.05, 0.1) is 12.6 Å². The van der Waals surface area contributed by atoms with E-state index in [1.54, 1.807) is 29.7 Å². The summed E-state index contributed by atoms with van der Waals surface area (Å²) in [6, 6.07) is 5.90. The number of carbonyl (C=O) groups is 1. The Morgan fingerprint density at radius 3 is 3.00 bits per heavy atom. The Hall–Kier alpha value is -1.79. The molecule has 1 amide bonds. The topological polar surface area (TPSA) is 54.0 Å². The van der Waals surface area contributed by atoms with E-state index in [4.69, 9.17) is 0 Å². The zero-order valence-electron chi connectivity index (χ0n) is 11.1. The normalized spacial score (nSPS) is 12.1. The summed E-state index contributed by atoms with van der Waals surface area (Å²) in [4.78, 5) is 16.0. The van der Waals surface area contributed by atoms with Gasteiger partial charge in [-0.2, -0.15) is 0 Å². The molecule has 4 nitrogen and oxygen atoms in total. The van der Waals surface area contributed by atoms with Gasteiger partial charge in [0.1, 0.15) is 10.8 Å². The van der Waals surface area contributed by atoms with Crippen LogP contribution in [-0.4, -0.2) is 17.4 Å². The minimum Gasteiger partial charge on any atom is -0.325 e. The van der Waals surface area contributed by atoms with E-state index in [-0.39, 0.29) is 24.3 Å². The molecule has 106 valence electrons. The Bertz CT molecular complexity index is 559. The van der Waals surface area contributed by atoms with E-state index in [0.29, 0.717) is 5.69 Å². The number of halogens is 1. The highest BCUT2D eigenvalue weighted by atomic mass is 32.1. The van der Waals surface area contributed by atoms with Gasteiger partial charge < -0.3 is 5.32 Å². The molecule has 0 aliphatic heterocycles. The zero-order chi connectivity index (χ0) is 14.4. The molecule has 2 aromatic rings. The summed E-state index contributed by atoms with van der Waals surface area (Å²) in [6.45, 7) is 2.19. The molecule has 0 saturated carbocycles. The fourth-order valence-corrected chi connectivity index (χ4v) is 2.60. The first-order chi connectivity index (χ1) is 9.69. The quantitative estimate of drug-likeness (QED) is 0.861. The molecular weight excluding hydrogens is 277 g/mol. The van der Waals surface area contributed by atoms with Gasteiger partial charge in [-0.3, -0.25) is 10.1 Å². The van der Waals surface area contributed by atoms with E-state index in [2.05, 4.69) is 15.6 Å². The van der Waals surface area contributed by atoms with E-state index in [1.165, 1.54) is 12.1 Å². The number of aromatic nitrogens is 1. The van der Waals surface area contributed by atoms with Crippen molar-refractivity contribution < 1.29 is 9.18 Å². The molecule has 0 bridgehead atoms. The molecule has 0 aliphatic rings. The van der Waals surface area contributed by atoms with Crippen molar-refractivity contribution in [3.63, 3.8) is 0 Å². The van der Waals surface area contributed by atoms with Crippen LogP contribution in [0.25, 0.3) is 0 Å². The molecular formula is C14H16FN3OS. The number of benzene rings is 1. The number of carbonyl (C=O) groups excluding carboxylic acids is 1. The van der Waals surface area contributed by atoms with Crippen molar-refractivity contribution in [3.05, 3.63) is 46.7 Å². The second-order valence-corrected chi connectivity index (χ2v) is 5.20. The van der Waals surface area contributed by atoms with Crippen LogP contribution >= 0.6 is 11.3 Å². The van der Waals surface area contributed by atoms with Crippen LogP contribution in [0.2, 0.25) is 0 Å². The van der Waals surface area contributed by atoms with Crippen LogP contribution in [-0.2, 0) is 4.79 Å². The van der Waals surface area contributed by atoms with E-state index in [0.717, 1.165) is 11.4 Å². The lowest BCUT2D eigenvalue weighted by molar-refractivity contribution is -0.115. The summed E-state index contributed by atoms with van der Waals surface area (Å²) in [5.41, 5.74) is 0.457. The molecule has 1 heterocycles. The third kappa shape index (κ3) is 4.11. The van der Waals surface area contributed by atoms with Gasteiger partial charge in [0.15, 0.2) is 0 Å². The third-order valence-corrected chi connectivity index (χ3v) is 3.66. The van der Waals surface area contributed by atoms with Gasteiger partial charge in [0.2, 0.25) is 5.91 Å². The maximum absolute atomic E-state index is 13.0. The Balaban J connectivity index is 1.85. The number of hydrogen-bond donors (Lipinski definition) is 2. The number of anilines is 1. The Kier molecular flexibility index (Phi) is 5.20. The Labute approximate surface area is 121 Å². The summed E-state index contributed by atoms with van der Waals surface area (Å²) < 4.78 is 13.0. The first-order valence-electron chi connectivity index (χ1n) is 6.37. The van der Waals surface area contributed by atoms with Crippen molar-refractivity contribution in [1.82, 2.24) is 10.3 Å². The highest BCUT2D eigenvalue weighted by molar-refractivity contribution is 7.09. The predicted octanol–water partition coefficient (Wildman–Crippen LogP) is 2.96. The van der Waals surface area contributed by atoms with E-state index in [9.17, 15) is 9.18 Å². The lowest BCUT2D eigenvalue weighted by atomic mass is 10.2. The lowest BCUT2D eigenvalue weighted by Crippen LogP contribution is -2.31. The van der Waals surface area contributed by atoms with Crippen LogP contribution in [0.3, 0.4) is 0 Å². The fourth-order valence-electron chi connectivity index (χ4n) is 1.80. The van der Waals surface area contributed by atoms with Crippen LogP contribution in [0.4, 0.5) is 10.1 Å². The molecule has 0 spiro atoms. The van der Waals surface area contributed by atoms with Gasteiger partial charge in [-0.15, -0.1) is 11.3 Å². The molecule has 0 saturated heterocycles. The molecule has 6 heteroatoms. The third-order valence-electron chi connectivity index (χ3n) is 2.78. The van der Waals surface area contributed by atoms with Crippen LogP contribution in [0.1, 0.15) is 24.4 Å². The summed E-state index contributed by atoms with van der Waals surface area (Å²) in [6.07, 6.45) is 2.60. The van der Waals surface area contributed by atoms with Crippen molar-refractivity contribution in [2.75, 3.05) is 11.9 Å². The van der Waals surface area contributed by atoms with Crippen molar-refractivity contribution in [3.8, 4) is 0 Å². The molecule has 1 aromatic heterocycles. The average molecular weight is 293 g/mol. The molecule has 0 radical (unpaired) electrons. The first-order valence-corrected chi connectivity index (χ1v) is 7.25. The fraction of sp³-hybridized carbons (Fsp3) is 0.286. The van der Waals surface area contributed by atoms with Gasteiger partial charge >= 0.3 is 0 Å². The number of rotatable bonds is 6. The van der Waals surface area contributed by atoms with Crippen LogP contribution in [0, 0.1) is 5.82 Å². The van der Waals surface area contributed by atoms with E-state index in [1.807, 2.05) is 12.3 Å². The van der Waals surface area contributed by atoms with E-state index >= 15 is 0 Å². The maximum atomic E-state index is 13.0. The number of thiazole rings is 1. The number of nitrogens with zero attached hydrogens (tertiary/aromatic N) is 1. The Morgan fingerprint density at radius 1 is 1.50 bits per heavy atom. The largest absolute Gasteiger partial charge is 0.325 e. The van der Waals surface area contributed by atoms with Gasteiger partial charge in [0.25, 0.3) is 0 Å². The first kappa shape index (κ1) is 14.6. The summed E-state index contributed by atoms with van der Waals surface area (Å²) >= 11 is 1.56. The van der Waals surface area contributed by atoms with Gasteiger partial charge in [-0.05, 0) is 24.6 Å². The standard InChI is InChI=1S/C14H16FN3OS/c1-2-12(14-16-6-7-20-14)17-9-13(19)18-11-5-3-4-10(15)8-11/h3-8,12,17H,2,9H2,1H3,(H,18,19). The molecule has 1 atom stereocenters. The molecule has 20 heavy (non-hydrogen) atoms. The minimum atomic E-state index is -0.370. The maximum Gasteiger partial charge on any atom is 0.238 e. The van der Waals surface area contributed by atoms with Gasteiger partial charge in [-0.1, -0.05) is 13.0 Å². The van der Waals surface area contributed by atoms with Gasteiger partial charge in [-0.25, -0.2) is 9.37 Å². The predicted molar refractivity (Wildman–Crippen MR) is 78.2 cm³/mol. The molecule has 1 aromatic carbocycles. The van der Waals surface area contributed by atoms with Crippen LogP contribution in [0.15, 0.2) is 35.8 Å². The lowest BCUT2D eigenvalue weighted by Gasteiger charge is -2.14. The highest BCUT2D eigenvalue weighted by Gasteiger charge is 2.13. The van der Waals surface area contributed by atoms with Crippen molar-refractivity contribution >= 4 is 22.9 Å². The highest BCUT2D eigenvalue weighted by Crippen LogP contribution is 2.18. The van der Waals surface area contributed by atoms with Crippen molar-refractivity contribution in [2.45, 2.75) is 19.4 Å². The summed E-state index contributed by atoms with van der Waals surface area (Å²) in [5, 5.41) is 8.67. The Morgan fingerprint density at radius 2 is 2.35 bits per heavy atom. The van der Waals surface area contributed by atoms with Crippen molar-refractivity contribution in [2.24, 2.45) is 0 Å². The van der Waals surface area contributed by atoms with Crippen molar-refractivity contribution in [1.29, 1.82) is 0 Å². The number of nitrogens with one attached hydrogen (secondary N) is 2. The second-order valence-electron chi connectivity index (χ2n) is 4.27. The average Bonchev–Trinajstić information content (AvgIpc) is 2.93. The second kappa shape index (κ2) is 7.12. The molecule has 0 fully saturated rings. The summed E-state index contributed by atoms with van der Waals surface area (Å²) in [5.74, 6) is -0.574. The molecule has 0 aliphatic carbocycles. The SMILES string of the molecule is CCC(NCC(=O)Nc1cccc(F)c1)c1nccs1. The number of amides is 1. The van der Waals surface area contributed by atoms with E-state index < -0.39 is 0 Å². The smallest absolute Gasteiger partial charge is 0.238 e. The number of hydrogen-bond acceptors (Lipinski definition) is 4. The molecule has 2 N–H and O–H groups in total. The molecule has 2 rings (SSSR count). The van der Waals surface area contributed by atoms with Crippen LogP contribution < -0.4 is 10.6 Å². The zero-order valence-corrected chi connectivity index (χ0v) is 11.9.